The molecule has 0 aromatic heterocycles. The van der Waals surface area contributed by atoms with Crippen molar-refractivity contribution in [2.75, 3.05) is 44.7 Å². The van der Waals surface area contributed by atoms with Crippen LogP contribution in [0.15, 0.2) is 65.7 Å². The van der Waals surface area contributed by atoms with Crippen LogP contribution in [0.25, 0.3) is 0 Å². The molecule has 2 fully saturated rings. The molecule has 2 aliphatic heterocycles. The molecular weight excluding hydrogens is 1250 g/mol. The fraction of sp³-hybridized carbons (Fsp3) is 0.587. The number of aliphatic imine (C=N–C) groups is 1. The van der Waals surface area contributed by atoms with Crippen molar-refractivity contribution in [3.8, 4) is 0 Å². The highest BCUT2D eigenvalue weighted by molar-refractivity contribution is 7.98. The minimum atomic E-state index is -1.64. The highest BCUT2D eigenvalue weighted by atomic mass is 32.2. The Morgan fingerprint density at radius 2 is 1.01 bits per heavy atom. The molecule has 13 amide bonds. The average molecular weight is 1350 g/mol. The van der Waals surface area contributed by atoms with E-state index < -0.39 is 169 Å². The molecular formula is C63H98N18O13S. The molecule has 2 aromatic rings. The van der Waals surface area contributed by atoms with Gasteiger partial charge in [-0.05, 0) is 119 Å². The second-order valence-electron chi connectivity index (χ2n) is 24.1. The molecule has 2 aromatic carbocycles. The molecule has 2 heterocycles. The van der Waals surface area contributed by atoms with Gasteiger partial charge >= 0.3 is 0 Å². The first-order valence-corrected chi connectivity index (χ1v) is 33.6. The van der Waals surface area contributed by atoms with Crippen LogP contribution in [0.3, 0.4) is 0 Å². The highest BCUT2D eigenvalue weighted by Gasteiger charge is 2.42. The summed E-state index contributed by atoms with van der Waals surface area (Å²) < 4.78 is 0. The monoisotopic (exact) mass is 1350 g/mol. The SMILES string of the molecule is CSCC[C@H](NC(=O)[C@H](CC(C)C)NC(=O)CNC(=O)[C@@H](Cc1ccccc1)NC(=O)[C@@H](Cc1ccccc1)NC(=O)[C@@H](CCC(N)=O)NC(=O)[C@H](CCC(N)=O)NC(=O)[C@H]1CCCN1C(=O)[C@@H](CCCCN)NC(=O)[C@@H]1CCCN1C(=O)[C@H](N)CCCN=C(N)N)C(N)=O. The highest BCUT2D eigenvalue weighted by Crippen LogP contribution is 2.24. The fourth-order valence-electron chi connectivity index (χ4n) is 11.0. The van der Waals surface area contributed by atoms with Crippen LogP contribution in [0, 0.1) is 5.92 Å². The number of primary amides is 3. The lowest BCUT2D eigenvalue weighted by molar-refractivity contribution is -0.144. The molecule has 95 heavy (non-hydrogen) atoms. The van der Waals surface area contributed by atoms with E-state index >= 15 is 0 Å². The van der Waals surface area contributed by atoms with Crippen molar-refractivity contribution in [1.29, 1.82) is 0 Å². The third-order valence-corrected chi connectivity index (χ3v) is 16.7. The fourth-order valence-corrected chi connectivity index (χ4v) is 11.5. The van der Waals surface area contributed by atoms with Gasteiger partial charge in [0.2, 0.25) is 76.8 Å². The van der Waals surface area contributed by atoms with Crippen molar-refractivity contribution in [3.05, 3.63) is 71.8 Å². The Morgan fingerprint density at radius 1 is 0.537 bits per heavy atom. The van der Waals surface area contributed by atoms with E-state index in [0.29, 0.717) is 55.4 Å². The maximum Gasteiger partial charge on any atom is 0.245 e. The summed E-state index contributed by atoms with van der Waals surface area (Å²) >= 11 is 1.45. The molecule has 524 valence electrons. The lowest BCUT2D eigenvalue weighted by atomic mass is 10.0. The number of hydrogen-bond donors (Lipinski definition) is 15. The molecule has 32 heteroatoms. The van der Waals surface area contributed by atoms with Gasteiger partial charge in [0.15, 0.2) is 5.96 Å². The first-order chi connectivity index (χ1) is 45.2. The standard InChI is InChI=1S/C63H98N18O13S/c1-37(2)33-45(57(89)74-41(53(68)85)27-32-95-3)73-52(84)36-72-54(86)46(34-38-15-6-4-7-16-38)78-58(90)47(35-39-17-8-5-9-18-39)79-56(88)42(23-25-50(66)82)75-55(87)43(24-26-51(67)83)76-59(91)49-22-14-31-81(49)62(94)44(20-10-11-28-64)77-60(92)48-21-13-30-80(48)61(93)40(65)19-12-29-71-63(69)70/h4-9,15-18,37,40-49H,10-14,19-36,64-65H2,1-3H3,(H2,66,82)(H2,67,83)(H2,68,85)(H,72,86)(H,73,84)(H,74,89)(H,75,87)(H,76,91)(H,77,92)(H,78,90)(H,79,88)(H4,69,70,71)/t40-,41+,42-,43+,44-,45+,46-,47-,48+,49-/m1/s1. The van der Waals surface area contributed by atoms with Crippen molar-refractivity contribution in [2.24, 2.45) is 51.0 Å². The first-order valence-electron chi connectivity index (χ1n) is 32.2. The van der Waals surface area contributed by atoms with Gasteiger partial charge in [0.1, 0.15) is 54.4 Å². The van der Waals surface area contributed by atoms with Gasteiger partial charge in [0.25, 0.3) is 0 Å². The van der Waals surface area contributed by atoms with Gasteiger partial charge < -0.3 is 92.5 Å². The van der Waals surface area contributed by atoms with E-state index in [-0.39, 0.29) is 83.0 Å². The minimum Gasteiger partial charge on any atom is -0.370 e. The van der Waals surface area contributed by atoms with Crippen molar-refractivity contribution < 1.29 is 62.3 Å². The zero-order valence-electron chi connectivity index (χ0n) is 54.5. The zero-order valence-corrected chi connectivity index (χ0v) is 55.3. The summed E-state index contributed by atoms with van der Waals surface area (Å²) in [7, 11) is 0. The van der Waals surface area contributed by atoms with Crippen LogP contribution in [0.1, 0.15) is 121 Å². The quantitative estimate of drug-likeness (QED) is 0.0173. The lowest BCUT2D eigenvalue weighted by Gasteiger charge is -2.32. The number of carbonyl (C=O) groups excluding carboxylic acids is 13. The zero-order chi connectivity index (χ0) is 70.1. The van der Waals surface area contributed by atoms with Gasteiger partial charge in [-0.15, -0.1) is 0 Å². The molecule has 0 spiro atoms. The van der Waals surface area contributed by atoms with Gasteiger partial charge in [-0.1, -0.05) is 74.5 Å². The number of guanidine groups is 1. The first kappa shape index (κ1) is 78.5. The van der Waals surface area contributed by atoms with Crippen LogP contribution in [-0.2, 0) is 75.2 Å². The molecule has 0 saturated carbocycles. The van der Waals surface area contributed by atoms with E-state index in [1.54, 1.807) is 60.7 Å². The van der Waals surface area contributed by atoms with Crippen LogP contribution >= 0.6 is 11.8 Å². The number of carbonyl (C=O) groups is 13. The maximum absolute atomic E-state index is 14.7. The van der Waals surface area contributed by atoms with E-state index in [9.17, 15) is 62.3 Å². The van der Waals surface area contributed by atoms with Crippen LogP contribution in [0.2, 0.25) is 0 Å². The molecule has 22 N–H and O–H groups in total. The van der Waals surface area contributed by atoms with E-state index in [1.807, 2.05) is 20.1 Å². The normalized spacial score (nSPS) is 16.8. The molecule has 0 bridgehead atoms. The van der Waals surface area contributed by atoms with E-state index in [2.05, 4.69) is 47.5 Å². The Kier molecular flexibility index (Phi) is 33.9. The third kappa shape index (κ3) is 27.5. The number of thioether (sulfide) groups is 1. The molecule has 2 saturated heterocycles. The van der Waals surface area contributed by atoms with Crippen molar-refractivity contribution in [3.63, 3.8) is 0 Å². The summed E-state index contributed by atoms with van der Waals surface area (Å²) in [5.74, 6) is -9.80. The number of nitrogens with one attached hydrogen (secondary N) is 8. The molecule has 0 aliphatic carbocycles. The number of unbranched alkanes of at least 4 members (excludes halogenated alkanes) is 1. The van der Waals surface area contributed by atoms with Crippen LogP contribution in [-0.4, -0.2) is 198 Å². The number of nitrogens with two attached hydrogens (primary N) is 7. The molecule has 4 rings (SSSR count). The number of nitrogens with zero attached hydrogens (tertiary/aromatic N) is 3. The van der Waals surface area contributed by atoms with Crippen LogP contribution in [0.4, 0.5) is 0 Å². The summed E-state index contributed by atoms with van der Waals surface area (Å²) in [6.45, 7) is 3.86. The third-order valence-electron chi connectivity index (χ3n) is 16.0. The van der Waals surface area contributed by atoms with Crippen molar-refractivity contribution in [2.45, 2.75) is 183 Å². The molecule has 2 aliphatic rings. The van der Waals surface area contributed by atoms with Gasteiger partial charge in [-0.25, -0.2) is 0 Å². The predicted molar refractivity (Wildman–Crippen MR) is 356 cm³/mol. The Bertz CT molecular complexity index is 2960. The van der Waals surface area contributed by atoms with Gasteiger partial charge in [-0.2, -0.15) is 11.8 Å². The number of rotatable bonds is 42. The summed E-state index contributed by atoms with van der Waals surface area (Å²) in [6, 6.07) is 4.51. The van der Waals surface area contributed by atoms with E-state index in [0.717, 1.165) is 0 Å². The average Bonchev–Trinajstić information content (AvgIpc) is 1.74. The Labute approximate surface area is 558 Å². The Morgan fingerprint density at radius 3 is 1.51 bits per heavy atom. The lowest BCUT2D eigenvalue weighted by Crippen LogP contribution is -2.60. The molecule has 0 unspecified atom stereocenters. The number of benzene rings is 2. The van der Waals surface area contributed by atoms with Gasteiger partial charge in [0, 0.05) is 45.3 Å². The molecule has 31 nitrogen and oxygen atoms in total. The van der Waals surface area contributed by atoms with E-state index in [1.165, 1.54) is 21.6 Å². The van der Waals surface area contributed by atoms with Crippen molar-refractivity contribution in [1.82, 2.24) is 52.3 Å². The smallest absolute Gasteiger partial charge is 0.245 e. The van der Waals surface area contributed by atoms with Crippen LogP contribution < -0.4 is 82.7 Å². The van der Waals surface area contributed by atoms with E-state index in [4.69, 9.17) is 40.1 Å². The van der Waals surface area contributed by atoms with Crippen molar-refractivity contribution >= 4 is 94.5 Å². The Hall–Kier alpha value is -8.91. The predicted octanol–water partition coefficient (Wildman–Crippen LogP) is -3.71. The second kappa shape index (κ2) is 41.0. The van der Waals surface area contributed by atoms with Gasteiger partial charge in [-0.3, -0.25) is 67.3 Å². The summed E-state index contributed by atoms with van der Waals surface area (Å²) in [5.41, 5.74) is 40.6. The summed E-state index contributed by atoms with van der Waals surface area (Å²) in [5, 5.41) is 21.1. The number of hydrogen-bond acceptors (Lipinski definition) is 17. The number of amides is 13. The van der Waals surface area contributed by atoms with Crippen LogP contribution in [0.5, 0.6) is 0 Å². The maximum atomic E-state index is 14.7. The topological polar surface area (TPSA) is 519 Å². The summed E-state index contributed by atoms with van der Waals surface area (Å²) in [6.07, 6.45) is 3.12. The van der Waals surface area contributed by atoms with Gasteiger partial charge in [0.05, 0.1) is 12.6 Å². The number of likely N-dealkylation sites (tertiary alicyclic amines) is 2. The Balaban J connectivity index is 1.56. The minimum absolute atomic E-state index is 0.0736. The molecule has 10 atom stereocenters. The summed E-state index contributed by atoms with van der Waals surface area (Å²) in [4.78, 5) is 185. The second-order valence-corrected chi connectivity index (χ2v) is 25.1. The molecule has 0 radical (unpaired) electrons. The largest absolute Gasteiger partial charge is 0.370 e.